The Kier molecular flexibility index (Phi) is 2.56. The van der Waals surface area contributed by atoms with Crippen LogP contribution in [0.3, 0.4) is 0 Å². The summed E-state index contributed by atoms with van der Waals surface area (Å²) >= 11 is 0. The Hall–Kier alpha value is -1.95. The number of pyridine rings is 1. The molecule has 0 spiro atoms. The smallest absolute Gasteiger partial charge is 0.231 e. The predicted octanol–water partition coefficient (Wildman–Crippen LogP) is 0.954. The van der Waals surface area contributed by atoms with E-state index in [0.717, 1.165) is 29.6 Å². The molecule has 2 heterocycles. The zero-order chi connectivity index (χ0) is 13.6. The summed E-state index contributed by atoms with van der Waals surface area (Å²) in [6.45, 7) is 2.33. The van der Waals surface area contributed by atoms with Gasteiger partial charge in [-0.3, -0.25) is 9.48 Å². The van der Waals surface area contributed by atoms with Gasteiger partial charge in [-0.25, -0.2) is 4.98 Å². The Balaban J connectivity index is 1.90. The second-order valence-electron chi connectivity index (χ2n) is 5.24. The van der Waals surface area contributed by atoms with Crippen molar-refractivity contribution in [1.82, 2.24) is 14.8 Å². The Morgan fingerprint density at radius 1 is 1.58 bits per heavy atom. The zero-order valence-electron chi connectivity index (χ0n) is 11.1. The number of fused-ring (bicyclic) bond motifs is 1. The Labute approximate surface area is 111 Å². The third-order valence-corrected chi connectivity index (χ3v) is 3.85. The molecule has 0 atom stereocenters. The van der Waals surface area contributed by atoms with Gasteiger partial charge >= 0.3 is 0 Å². The number of amides is 1. The van der Waals surface area contributed by atoms with Crippen LogP contribution in [0.1, 0.15) is 18.5 Å². The van der Waals surface area contributed by atoms with Crippen molar-refractivity contribution in [3.05, 3.63) is 18.0 Å². The summed E-state index contributed by atoms with van der Waals surface area (Å²) in [5.74, 6) is -0.00214. The van der Waals surface area contributed by atoms with Crippen LogP contribution in [0.4, 0.5) is 5.69 Å². The van der Waals surface area contributed by atoms with Gasteiger partial charge in [-0.1, -0.05) is 0 Å². The minimum atomic E-state index is -0.348. The Bertz CT molecular complexity index is 656. The third-order valence-electron chi connectivity index (χ3n) is 3.85. The van der Waals surface area contributed by atoms with E-state index in [4.69, 9.17) is 5.73 Å². The first-order valence-electron chi connectivity index (χ1n) is 6.37. The molecule has 1 aliphatic rings. The molecule has 3 rings (SSSR count). The maximum Gasteiger partial charge on any atom is 0.231 e. The van der Waals surface area contributed by atoms with Crippen LogP contribution in [0.25, 0.3) is 11.0 Å². The summed E-state index contributed by atoms with van der Waals surface area (Å²) in [6, 6.07) is 1.91. The quantitative estimate of drug-likeness (QED) is 0.859. The Morgan fingerprint density at radius 2 is 2.32 bits per heavy atom. The molecule has 0 bridgehead atoms. The number of hydrogen-bond donors (Lipinski definition) is 2. The lowest BCUT2D eigenvalue weighted by molar-refractivity contribution is -0.120. The van der Waals surface area contributed by atoms with Crippen molar-refractivity contribution >= 4 is 22.6 Å². The number of aromatic nitrogens is 3. The lowest BCUT2D eigenvalue weighted by Gasteiger charge is -2.12. The molecule has 0 aliphatic heterocycles. The Morgan fingerprint density at radius 3 is 2.95 bits per heavy atom. The molecule has 0 unspecified atom stereocenters. The maximum absolute atomic E-state index is 12.1. The molecule has 3 N–H and O–H groups in total. The summed E-state index contributed by atoms with van der Waals surface area (Å²) in [7, 11) is 1.86. The van der Waals surface area contributed by atoms with E-state index in [1.54, 1.807) is 10.9 Å². The van der Waals surface area contributed by atoms with Gasteiger partial charge in [0.15, 0.2) is 5.65 Å². The highest BCUT2D eigenvalue weighted by atomic mass is 16.2. The molecule has 6 heteroatoms. The number of carbonyl (C=O) groups excluding carboxylic acids is 1. The van der Waals surface area contributed by atoms with Crippen molar-refractivity contribution in [3.8, 4) is 0 Å². The SMILES string of the molecule is Cc1nn(C)c2ncc(NC(=O)C3(CN)CC3)cc12. The third kappa shape index (κ3) is 1.88. The molecule has 1 fully saturated rings. The van der Waals surface area contributed by atoms with Gasteiger partial charge < -0.3 is 11.1 Å². The number of nitrogens with one attached hydrogen (secondary N) is 1. The van der Waals surface area contributed by atoms with Crippen molar-refractivity contribution < 1.29 is 4.79 Å². The first-order chi connectivity index (χ1) is 9.05. The molecular weight excluding hydrogens is 242 g/mol. The highest BCUT2D eigenvalue weighted by molar-refractivity contribution is 5.98. The van der Waals surface area contributed by atoms with E-state index in [1.807, 2.05) is 20.0 Å². The number of aryl methyl sites for hydroxylation is 2. The molecule has 100 valence electrons. The lowest BCUT2D eigenvalue weighted by atomic mass is 10.1. The molecule has 0 radical (unpaired) electrons. The van der Waals surface area contributed by atoms with E-state index in [2.05, 4.69) is 15.4 Å². The lowest BCUT2D eigenvalue weighted by Crippen LogP contribution is -2.30. The van der Waals surface area contributed by atoms with Gasteiger partial charge in [-0.2, -0.15) is 5.10 Å². The number of nitrogens with two attached hydrogens (primary N) is 1. The molecule has 0 aromatic carbocycles. The molecule has 19 heavy (non-hydrogen) atoms. The maximum atomic E-state index is 12.1. The van der Waals surface area contributed by atoms with Crippen LogP contribution in [-0.4, -0.2) is 27.2 Å². The van der Waals surface area contributed by atoms with E-state index >= 15 is 0 Å². The summed E-state index contributed by atoms with van der Waals surface area (Å²) in [5, 5.41) is 8.17. The fourth-order valence-corrected chi connectivity index (χ4v) is 2.31. The van der Waals surface area contributed by atoms with E-state index in [0.29, 0.717) is 12.2 Å². The normalized spacial score (nSPS) is 16.6. The predicted molar refractivity (Wildman–Crippen MR) is 72.6 cm³/mol. The van der Waals surface area contributed by atoms with Crippen LogP contribution >= 0.6 is 0 Å². The number of nitrogens with zero attached hydrogens (tertiary/aromatic N) is 3. The van der Waals surface area contributed by atoms with Crippen LogP contribution in [-0.2, 0) is 11.8 Å². The van der Waals surface area contributed by atoms with Gasteiger partial charge in [0.1, 0.15) is 0 Å². The van der Waals surface area contributed by atoms with E-state index in [9.17, 15) is 4.79 Å². The van der Waals surface area contributed by atoms with Crippen molar-refractivity contribution in [1.29, 1.82) is 0 Å². The number of carbonyl (C=O) groups is 1. The van der Waals surface area contributed by atoms with Gasteiger partial charge in [0.25, 0.3) is 0 Å². The highest BCUT2D eigenvalue weighted by Gasteiger charge is 2.48. The fraction of sp³-hybridized carbons (Fsp3) is 0.462. The molecular formula is C13H17N5O. The standard InChI is InChI=1S/C13H17N5O/c1-8-10-5-9(6-15-11(10)18(2)17-8)16-12(19)13(7-14)3-4-13/h5-6H,3-4,7,14H2,1-2H3,(H,16,19). The van der Waals surface area contributed by atoms with Gasteiger partial charge in [0.05, 0.1) is 23.0 Å². The minimum Gasteiger partial charge on any atom is -0.329 e. The first-order valence-corrected chi connectivity index (χ1v) is 6.37. The number of rotatable bonds is 3. The first kappa shape index (κ1) is 12.1. The van der Waals surface area contributed by atoms with Crippen LogP contribution in [0.2, 0.25) is 0 Å². The molecule has 1 amide bonds. The van der Waals surface area contributed by atoms with Crippen molar-refractivity contribution in [2.24, 2.45) is 18.2 Å². The van der Waals surface area contributed by atoms with Gasteiger partial charge in [0, 0.05) is 19.0 Å². The van der Waals surface area contributed by atoms with Gasteiger partial charge in [0.2, 0.25) is 5.91 Å². The van der Waals surface area contributed by atoms with Crippen LogP contribution in [0, 0.1) is 12.3 Å². The zero-order valence-corrected chi connectivity index (χ0v) is 11.1. The highest BCUT2D eigenvalue weighted by Crippen LogP contribution is 2.45. The van der Waals surface area contributed by atoms with E-state index < -0.39 is 0 Å². The summed E-state index contributed by atoms with van der Waals surface area (Å²) < 4.78 is 1.73. The summed E-state index contributed by atoms with van der Waals surface area (Å²) in [5.41, 5.74) is 7.72. The van der Waals surface area contributed by atoms with Crippen LogP contribution in [0.15, 0.2) is 12.3 Å². The fourth-order valence-electron chi connectivity index (χ4n) is 2.31. The molecule has 0 saturated heterocycles. The van der Waals surface area contributed by atoms with Crippen molar-refractivity contribution in [2.45, 2.75) is 19.8 Å². The second kappa shape index (κ2) is 4.03. The number of anilines is 1. The van der Waals surface area contributed by atoms with E-state index in [1.165, 1.54) is 0 Å². The molecule has 2 aromatic rings. The molecule has 1 aliphatic carbocycles. The average Bonchev–Trinajstić information content (AvgIpc) is 3.14. The van der Waals surface area contributed by atoms with Crippen molar-refractivity contribution in [2.75, 3.05) is 11.9 Å². The van der Waals surface area contributed by atoms with Crippen molar-refractivity contribution in [3.63, 3.8) is 0 Å². The summed E-state index contributed by atoms with van der Waals surface area (Å²) in [6.07, 6.45) is 3.40. The number of hydrogen-bond acceptors (Lipinski definition) is 4. The van der Waals surface area contributed by atoms with Gasteiger partial charge in [-0.05, 0) is 25.8 Å². The van der Waals surface area contributed by atoms with E-state index in [-0.39, 0.29) is 11.3 Å². The second-order valence-corrected chi connectivity index (χ2v) is 5.24. The topological polar surface area (TPSA) is 85.8 Å². The summed E-state index contributed by atoms with van der Waals surface area (Å²) in [4.78, 5) is 16.5. The molecule has 6 nitrogen and oxygen atoms in total. The van der Waals surface area contributed by atoms with Crippen LogP contribution in [0.5, 0.6) is 0 Å². The average molecular weight is 259 g/mol. The van der Waals surface area contributed by atoms with Gasteiger partial charge in [-0.15, -0.1) is 0 Å². The molecule has 1 saturated carbocycles. The largest absolute Gasteiger partial charge is 0.329 e. The van der Waals surface area contributed by atoms with Crippen LogP contribution < -0.4 is 11.1 Å². The molecule has 2 aromatic heterocycles. The minimum absolute atomic E-state index is 0.00214. The monoisotopic (exact) mass is 259 g/mol.